The smallest absolute Gasteiger partial charge is 0.309 e. The highest BCUT2D eigenvalue weighted by Gasteiger charge is 2.36. The number of rotatable bonds is 5. The first-order chi connectivity index (χ1) is 13.5. The zero-order chi connectivity index (χ0) is 20.1. The predicted molar refractivity (Wildman–Crippen MR) is 110 cm³/mol. The highest BCUT2D eigenvalue weighted by atomic mass is 35.5. The second kappa shape index (κ2) is 9.41. The molecule has 3 rings (SSSR count). The molecule has 1 atom stereocenters. The van der Waals surface area contributed by atoms with Crippen LogP contribution in [0.1, 0.15) is 24.4 Å². The van der Waals surface area contributed by atoms with Gasteiger partial charge >= 0.3 is 5.97 Å². The first-order valence-electron chi connectivity index (χ1n) is 9.22. The topological polar surface area (TPSA) is 59.8 Å². The summed E-state index contributed by atoms with van der Waals surface area (Å²) in [4.78, 5) is 26.1. The van der Waals surface area contributed by atoms with Crippen LogP contribution in [0.5, 0.6) is 0 Å². The van der Waals surface area contributed by atoms with Gasteiger partial charge in [0.25, 0.3) is 5.91 Å². The summed E-state index contributed by atoms with van der Waals surface area (Å²) in [6, 6.07) is 14.3. The Labute approximate surface area is 174 Å². The molecule has 0 unspecified atom stereocenters. The number of carbonyl (C=O) groups is 2. The summed E-state index contributed by atoms with van der Waals surface area (Å²) in [6.07, 6.45) is 1.39. The molecular weight excluding hydrogens is 399 g/mol. The highest BCUT2D eigenvalue weighted by Crippen LogP contribution is 2.24. The Bertz CT molecular complexity index is 817. The fourth-order valence-electron chi connectivity index (χ4n) is 3.74. The van der Waals surface area contributed by atoms with Gasteiger partial charge in [-0.3, -0.25) is 9.59 Å². The van der Waals surface area contributed by atoms with Gasteiger partial charge in [-0.05, 0) is 18.2 Å². The number of halogens is 2. The van der Waals surface area contributed by atoms with E-state index in [0.717, 1.165) is 10.5 Å². The first kappa shape index (κ1) is 20.6. The third kappa shape index (κ3) is 5.04. The largest absolute Gasteiger partial charge is 0.469 e. The lowest BCUT2D eigenvalue weighted by atomic mass is 9.94. The molecule has 0 aromatic heterocycles. The fraction of sp³-hybridized carbons (Fsp3) is 0.333. The molecule has 0 saturated carbocycles. The van der Waals surface area contributed by atoms with Crippen molar-refractivity contribution in [3.63, 3.8) is 0 Å². The molecule has 1 saturated heterocycles. The first-order valence-corrected chi connectivity index (χ1v) is 9.98. The van der Waals surface area contributed by atoms with Gasteiger partial charge in [-0.15, -0.1) is 0 Å². The number of hydrogen-bond acceptors (Lipinski definition) is 3. The van der Waals surface area contributed by atoms with Crippen LogP contribution in [0.4, 0.5) is 5.69 Å². The fourth-order valence-corrected chi connectivity index (χ4v) is 4.26. The summed E-state index contributed by atoms with van der Waals surface area (Å²) < 4.78 is 4.87. The van der Waals surface area contributed by atoms with Crippen LogP contribution < -0.4 is 10.2 Å². The standard InChI is InChI=1S/C21H22Cl2N2O3/c1-28-21(27)15-7-9-25(10-8-15)19(14-5-3-2-4-6-14)20(26)24-18-12-16(22)11-17(23)13-18/h2-6,11-13,15,19H,7-10H2,1H3,(H,24,26)/p+1/t19-/m1/s1. The second-order valence-corrected chi connectivity index (χ2v) is 7.82. The number of anilines is 1. The Morgan fingerprint density at radius 3 is 2.25 bits per heavy atom. The molecule has 2 aromatic carbocycles. The van der Waals surface area contributed by atoms with Crippen molar-refractivity contribution in [2.45, 2.75) is 18.9 Å². The summed E-state index contributed by atoms with van der Waals surface area (Å²) in [5.41, 5.74) is 1.49. The van der Waals surface area contributed by atoms with Crippen LogP contribution in [0.15, 0.2) is 48.5 Å². The zero-order valence-corrected chi connectivity index (χ0v) is 17.1. The second-order valence-electron chi connectivity index (χ2n) is 6.95. The number of hydrogen-bond donors (Lipinski definition) is 2. The quantitative estimate of drug-likeness (QED) is 0.728. The van der Waals surface area contributed by atoms with E-state index in [1.54, 1.807) is 18.2 Å². The number of benzene rings is 2. The molecule has 0 radical (unpaired) electrons. The van der Waals surface area contributed by atoms with Crippen molar-refractivity contribution in [2.24, 2.45) is 5.92 Å². The third-order valence-electron chi connectivity index (χ3n) is 5.10. The number of esters is 1. The maximum Gasteiger partial charge on any atom is 0.309 e. The number of methoxy groups -OCH3 is 1. The minimum Gasteiger partial charge on any atom is -0.469 e. The Balaban J connectivity index is 1.80. The van der Waals surface area contributed by atoms with Gasteiger partial charge in [0, 0.05) is 34.1 Å². The molecule has 0 bridgehead atoms. The third-order valence-corrected chi connectivity index (χ3v) is 5.53. The van der Waals surface area contributed by atoms with E-state index in [4.69, 9.17) is 27.9 Å². The molecule has 2 N–H and O–H groups in total. The van der Waals surface area contributed by atoms with Crippen molar-refractivity contribution in [1.29, 1.82) is 0 Å². The Kier molecular flexibility index (Phi) is 6.94. The molecule has 1 aliphatic heterocycles. The number of nitrogens with one attached hydrogen (secondary N) is 2. The molecule has 1 amide bonds. The van der Waals surface area contributed by atoms with Gasteiger partial charge in [-0.1, -0.05) is 53.5 Å². The summed E-state index contributed by atoms with van der Waals surface area (Å²) in [5.74, 6) is -0.399. The van der Waals surface area contributed by atoms with Crippen LogP contribution >= 0.6 is 23.2 Å². The van der Waals surface area contributed by atoms with Crippen molar-refractivity contribution in [3.05, 3.63) is 64.1 Å². The van der Waals surface area contributed by atoms with E-state index in [9.17, 15) is 9.59 Å². The molecule has 1 fully saturated rings. The molecular formula is C21H23Cl2N2O3+. The van der Waals surface area contributed by atoms with E-state index in [0.29, 0.717) is 41.7 Å². The molecule has 5 nitrogen and oxygen atoms in total. The molecule has 2 aromatic rings. The lowest BCUT2D eigenvalue weighted by molar-refractivity contribution is -0.927. The van der Waals surface area contributed by atoms with Gasteiger partial charge in [0.2, 0.25) is 0 Å². The molecule has 148 valence electrons. The summed E-state index contributed by atoms with van der Waals surface area (Å²) in [6.45, 7) is 1.42. The normalized spacial score (nSPS) is 20.2. The molecule has 0 aliphatic carbocycles. The lowest BCUT2D eigenvalue weighted by Gasteiger charge is -2.33. The molecule has 1 aliphatic rings. The van der Waals surface area contributed by atoms with Gasteiger partial charge in [0.1, 0.15) is 0 Å². The molecule has 1 heterocycles. The number of amides is 1. The average Bonchev–Trinajstić information content (AvgIpc) is 2.68. The van der Waals surface area contributed by atoms with Crippen molar-refractivity contribution in [1.82, 2.24) is 0 Å². The summed E-state index contributed by atoms with van der Waals surface area (Å²) in [7, 11) is 1.41. The summed E-state index contributed by atoms with van der Waals surface area (Å²) in [5, 5.41) is 3.87. The Hall–Kier alpha value is -2.08. The van der Waals surface area contributed by atoms with Gasteiger partial charge in [0.15, 0.2) is 6.04 Å². The van der Waals surface area contributed by atoms with E-state index in [2.05, 4.69) is 5.32 Å². The Morgan fingerprint density at radius 1 is 1.07 bits per heavy atom. The van der Waals surface area contributed by atoms with Gasteiger partial charge in [-0.25, -0.2) is 0 Å². The van der Waals surface area contributed by atoms with E-state index in [-0.39, 0.29) is 17.8 Å². The summed E-state index contributed by atoms with van der Waals surface area (Å²) >= 11 is 12.1. The van der Waals surface area contributed by atoms with Crippen LogP contribution in [0, 0.1) is 5.92 Å². The molecule has 0 spiro atoms. The van der Waals surface area contributed by atoms with Crippen LogP contribution in [-0.2, 0) is 14.3 Å². The van der Waals surface area contributed by atoms with Crippen molar-refractivity contribution in [3.8, 4) is 0 Å². The van der Waals surface area contributed by atoms with Gasteiger partial charge in [-0.2, -0.15) is 0 Å². The minimum atomic E-state index is -0.391. The lowest BCUT2D eigenvalue weighted by Crippen LogP contribution is -3.14. The van der Waals surface area contributed by atoms with E-state index in [1.165, 1.54) is 7.11 Å². The van der Waals surface area contributed by atoms with Crippen LogP contribution in [0.25, 0.3) is 0 Å². The van der Waals surface area contributed by atoms with Gasteiger partial charge in [0.05, 0.1) is 26.1 Å². The number of likely N-dealkylation sites (tertiary alicyclic amines) is 1. The van der Waals surface area contributed by atoms with E-state index >= 15 is 0 Å². The number of quaternary nitrogens is 1. The van der Waals surface area contributed by atoms with E-state index < -0.39 is 6.04 Å². The molecule has 7 heteroatoms. The van der Waals surface area contributed by atoms with Crippen LogP contribution in [-0.4, -0.2) is 32.1 Å². The highest BCUT2D eigenvalue weighted by molar-refractivity contribution is 6.35. The van der Waals surface area contributed by atoms with Crippen molar-refractivity contribution >= 4 is 40.8 Å². The van der Waals surface area contributed by atoms with Crippen LogP contribution in [0.2, 0.25) is 10.0 Å². The Morgan fingerprint density at radius 2 is 1.68 bits per heavy atom. The number of carbonyl (C=O) groups excluding carboxylic acids is 2. The maximum atomic E-state index is 13.2. The monoisotopic (exact) mass is 421 g/mol. The number of piperidine rings is 1. The minimum absolute atomic E-state index is 0.0972. The molecule has 28 heavy (non-hydrogen) atoms. The zero-order valence-electron chi connectivity index (χ0n) is 15.6. The SMILES string of the molecule is COC(=O)C1CC[NH+]([C@@H](C(=O)Nc2cc(Cl)cc(Cl)c2)c2ccccc2)CC1. The van der Waals surface area contributed by atoms with E-state index in [1.807, 2.05) is 30.3 Å². The van der Waals surface area contributed by atoms with Crippen molar-refractivity contribution < 1.29 is 19.2 Å². The van der Waals surface area contributed by atoms with Gasteiger partial charge < -0.3 is 15.0 Å². The maximum absolute atomic E-state index is 13.2. The van der Waals surface area contributed by atoms with Crippen molar-refractivity contribution in [2.75, 3.05) is 25.5 Å². The predicted octanol–water partition coefficient (Wildman–Crippen LogP) is 3.14. The average molecular weight is 422 g/mol. The van der Waals surface area contributed by atoms with Crippen LogP contribution in [0.3, 0.4) is 0 Å². The number of ether oxygens (including phenoxy) is 1.